The summed E-state index contributed by atoms with van der Waals surface area (Å²) in [6.07, 6.45) is 2.07. The second-order valence-corrected chi connectivity index (χ2v) is 5.15. The lowest BCUT2D eigenvalue weighted by atomic mass is 10.4. The van der Waals surface area contributed by atoms with Gasteiger partial charge in [0.2, 0.25) is 17.2 Å². The van der Waals surface area contributed by atoms with Gasteiger partial charge in [0.15, 0.2) is 0 Å². The molecule has 0 spiro atoms. The van der Waals surface area contributed by atoms with E-state index < -0.39 is 0 Å². The van der Waals surface area contributed by atoms with E-state index in [1.54, 1.807) is 11.8 Å². The molecule has 0 radical (unpaired) electrons. The van der Waals surface area contributed by atoms with Crippen LogP contribution in [0.15, 0.2) is 0 Å². The fourth-order valence-electron chi connectivity index (χ4n) is 1.56. The molecule has 0 amide bonds. The highest BCUT2D eigenvalue weighted by Crippen LogP contribution is 2.14. The molecule has 0 saturated carbocycles. The van der Waals surface area contributed by atoms with Gasteiger partial charge in [-0.1, -0.05) is 0 Å². The molecule has 0 aliphatic rings. The number of rotatable bonds is 7. The second-order valence-electron chi connectivity index (χ2n) is 3.90. The average molecular weight is 290 g/mol. The maximum atomic E-state index is 5.93. The normalized spacial score (nSPS) is 12.3. The van der Waals surface area contributed by atoms with Crippen molar-refractivity contribution in [2.24, 2.45) is 0 Å². The summed E-state index contributed by atoms with van der Waals surface area (Å²) in [7, 11) is 0. The van der Waals surface area contributed by atoms with Crippen LogP contribution in [-0.4, -0.2) is 46.1 Å². The van der Waals surface area contributed by atoms with Gasteiger partial charge in [-0.05, 0) is 38.6 Å². The van der Waals surface area contributed by atoms with Crippen LogP contribution in [-0.2, 0) is 0 Å². The van der Waals surface area contributed by atoms with E-state index in [1.807, 2.05) is 4.90 Å². The van der Waals surface area contributed by atoms with Gasteiger partial charge in [-0.3, -0.25) is 0 Å². The molecule has 0 aliphatic heterocycles. The second kappa shape index (κ2) is 7.63. The highest BCUT2D eigenvalue weighted by molar-refractivity contribution is 7.98. The van der Waals surface area contributed by atoms with Crippen molar-refractivity contribution in [3.05, 3.63) is 5.28 Å². The zero-order valence-corrected chi connectivity index (χ0v) is 12.8. The monoisotopic (exact) mass is 289 g/mol. The van der Waals surface area contributed by atoms with Gasteiger partial charge in [0.05, 0.1) is 0 Å². The Labute approximate surface area is 118 Å². The summed E-state index contributed by atoms with van der Waals surface area (Å²) in [5.41, 5.74) is 0. The molecule has 7 heteroatoms. The van der Waals surface area contributed by atoms with Gasteiger partial charge in [0, 0.05) is 24.9 Å². The number of thioether (sulfide) groups is 1. The molecule has 1 N–H and O–H groups in total. The number of aromatic nitrogens is 3. The first-order valence-corrected chi connectivity index (χ1v) is 7.79. The number of hydrogen-bond donors (Lipinski definition) is 1. The zero-order valence-electron chi connectivity index (χ0n) is 11.3. The van der Waals surface area contributed by atoms with Gasteiger partial charge in [0.25, 0.3) is 0 Å². The predicted molar refractivity (Wildman–Crippen MR) is 79.9 cm³/mol. The Hall–Kier alpha value is -0.750. The van der Waals surface area contributed by atoms with Gasteiger partial charge in [-0.25, -0.2) is 0 Å². The summed E-state index contributed by atoms with van der Waals surface area (Å²) in [4.78, 5) is 14.7. The van der Waals surface area contributed by atoms with E-state index in [2.05, 4.69) is 47.3 Å². The largest absolute Gasteiger partial charge is 0.351 e. The molecule has 1 unspecified atom stereocenters. The minimum absolute atomic E-state index is 0.228. The van der Waals surface area contributed by atoms with Crippen molar-refractivity contribution in [2.45, 2.75) is 26.8 Å². The summed E-state index contributed by atoms with van der Waals surface area (Å²) < 4.78 is 0. The molecule has 1 heterocycles. The van der Waals surface area contributed by atoms with Crippen LogP contribution >= 0.6 is 23.4 Å². The lowest BCUT2D eigenvalue weighted by molar-refractivity contribution is 0.804. The average Bonchev–Trinajstić information content (AvgIpc) is 2.30. The molecule has 0 fully saturated rings. The van der Waals surface area contributed by atoms with Crippen LogP contribution in [0.3, 0.4) is 0 Å². The van der Waals surface area contributed by atoms with E-state index in [0.29, 0.717) is 17.9 Å². The highest BCUT2D eigenvalue weighted by Gasteiger charge is 2.11. The topological polar surface area (TPSA) is 53.9 Å². The summed E-state index contributed by atoms with van der Waals surface area (Å²) in [6.45, 7) is 7.90. The summed E-state index contributed by atoms with van der Waals surface area (Å²) in [5.74, 6) is 2.15. The predicted octanol–water partition coefficient (Wildman–Crippen LogP) is 2.53. The van der Waals surface area contributed by atoms with Crippen molar-refractivity contribution in [2.75, 3.05) is 35.3 Å². The SMILES string of the molecule is CCN(CC)c1nc(Cl)nc(NC(C)CSC)n1. The smallest absolute Gasteiger partial charge is 0.231 e. The van der Waals surface area contributed by atoms with E-state index >= 15 is 0 Å². The van der Waals surface area contributed by atoms with Crippen LogP contribution in [0.4, 0.5) is 11.9 Å². The van der Waals surface area contributed by atoms with Crippen LogP contribution in [0.25, 0.3) is 0 Å². The maximum Gasteiger partial charge on any atom is 0.231 e. The van der Waals surface area contributed by atoms with Gasteiger partial charge < -0.3 is 10.2 Å². The van der Waals surface area contributed by atoms with Crippen molar-refractivity contribution in [3.63, 3.8) is 0 Å². The highest BCUT2D eigenvalue weighted by atomic mass is 35.5. The Balaban J connectivity index is 2.86. The first-order chi connectivity index (χ1) is 8.60. The molecule has 0 aromatic carbocycles. The van der Waals surface area contributed by atoms with Crippen LogP contribution in [0.5, 0.6) is 0 Å². The molecule has 5 nitrogen and oxygen atoms in total. The van der Waals surface area contributed by atoms with Crippen LogP contribution in [0.1, 0.15) is 20.8 Å². The third-order valence-electron chi connectivity index (χ3n) is 2.43. The van der Waals surface area contributed by atoms with Gasteiger partial charge >= 0.3 is 0 Å². The Morgan fingerprint density at radius 1 is 1.28 bits per heavy atom. The van der Waals surface area contributed by atoms with Crippen LogP contribution in [0, 0.1) is 0 Å². The van der Waals surface area contributed by atoms with E-state index in [4.69, 9.17) is 11.6 Å². The van der Waals surface area contributed by atoms with Gasteiger partial charge in [-0.15, -0.1) is 0 Å². The molecule has 1 aromatic heterocycles. The fourth-order valence-corrected chi connectivity index (χ4v) is 2.30. The third kappa shape index (κ3) is 4.49. The molecule has 1 aromatic rings. The van der Waals surface area contributed by atoms with Crippen molar-refractivity contribution >= 4 is 35.3 Å². The molecule has 18 heavy (non-hydrogen) atoms. The summed E-state index contributed by atoms with van der Waals surface area (Å²) in [5, 5.41) is 3.46. The van der Waals surface area contributed by atoms with Crippen molar-refractivity contribution in [3.8, 4) is 0 Å². The molecule has 0 aliphatic carbocycles. The lowest BCUT2D eigenvalue weighted by Gasteiger charge is -2.19. The van der Waals surface area contributed by atoms with Crippen molar-refractivity contribution in [1.29, 1.82) is 0 Å². The van der Waals surface area contributed by atoms with Crippen LogP contribution < -0.4 is 10.2 Å². The number of hydrogen-bond acceptors (Lipinski definition) is 6. The minimum atomic E-state index is 0.228. The number of halogens is 1. The van der Waals surface area contributed by atoms with Crippen molar-refractivity contribution < 1.29 is 0 Å². The lowest BCUT2D eigenvalue weighted by Crippen LogP contribution is -2.26. The molecular weight excluding hydrogens is 270 g/mol. The van der Waals surface area contributed by atoms with Gasteiger partial charge in [0.1, 0.15) is 0 Å². The minimum Gasteiger partial charge on any atom is -0.351 e. The van der Waals surface area contributed by atoms with Crippen molar-refractivity contribution in [1.82, 2.24) is 15.0 Å². The first-order valence-electron chi connectivity index (χ1n) is 6.02. The summed E-state index contributed by atoms with van der Waals surface area (Å²) >= 11 is 7.71. The number of nitrogens with one attached hydrogen (secondary N) is 1. The Kier molecular flexibility index (Phi) is 6.49. The summed E-state index contributed by atoms with van der Waals surface area (Å²) in [6, 6.07) is 0.294. The van der Waals surface area contributed by atoms with Gasteiger partial charge in [-0.2, -0.15) is 26.7 Å². The fraction of sp³-hybridized carbons (Fsp3) is 0.727. The molecular formula is C11H20ClN5S. The van der Waals surface area contributed by atoms with E-state index in [9.17, 15) is 0 Å². The number of anilines is 2. The third-order valence-corrected chi connectivity index (χ3v) is 3.44. The Morgan fingerprint density at radius 2 is 1.94 bits per heavy atom. The first kappa shape index (κ1) is 15.3. The molecule has 0 bridgehead atoms. The molecule has 1 atom stereocenters. The molecule has 0 saturated heterocycles. The Bertz CT molecular complexity index is 372. The quantitative estimate of drug-likeness (QED) is 0.832. The van der Waals surface area contributed by atoms with E-state index in [0.717, 1.165) is 18.8 Å². The van der Waals surface area contributed by atoms with E-state index in [-0.39, 0.29) is 5.28 Å². The standard InChI is InChI=1S/C11H20ClN5S/c1-5-17(6-2)11-15-9(12)14-10(16-11)13-8(3)7-18-4/h8H,5-7H2,1-4H3,(H,13,14,15,16). The van der Waals surface area contributed by atoms with Crippen LogP contribution in [0.2, 0.25) is 5.28 Å². The van der Waals surface area contributed by atoms with E-state index in [1.165, 1.54) is 0 Å². The maximum absolute atomic E-state index is 5.93. The molecule has 1 rings (SSSR count). The number of nitrogens with zero attached hydrogens (tertiary/aromatic N) is 4. The molecule has 102 valence electrons. The zero-order chi connectivity index (χ0) is 13.5. The Morgan fingerprint density at radius 3 is 2.50 bits per heavy atom.